The molecule has 3 fully saturated rings. The van der Waals surface area contributed by atoms with E-state index in [1.165, 1.54) is 6.42 Å². The standard InChI is InChI=1S/C15H17NO2/c1-15(8-9-7-11(15)13-12(9)18-13)14(17)16-10-5-3-2-4-6-10/h2-6,9,11-13H,7-8H2,1H3,(H,16,17)/t9-,11+,12+,13+,15-/m0/s1. The third-order valence-corrected chi connectivity index (χ3v) is 5.03. The van der Waals surface area contributed by atoms with Gasteiger partial charge in [0.05, 0.1) is 17.6 Å². The summed E-state index contributed by atoms with van der Waals surface area (Å²) in [6, 6.07) is 9.71. The van der Waals surface area contributed by atoms with Gasteiger partial charge in [0.2, 0.25) is 5.91 Å². The number of rotatable bonds is 2. The third kappa shape index (κ3) is 1.31. The predicted octanol–water partition coefficient (Wildman–Crippen LogP) is 2.44. The van der Waals surface area contributed by atoms with E-state index in [1.807, 2.05) is 30.3 Å². The maximum absolute atomic E-state index is 12.5. The summed E-state index contributed by atoms with van der Waals surface area (Å²) in [5, 5.41) is 3.05. The summed E-state index contributed by atoms with van der Waals surface area (Å²) in [5.41, 5.74) is 0.651. The first-order chi connectivity index (χ1) is 8.68. The molecule has 0 unspecified atom stereocenters. The Kier molecular flexibility index (Phi) is 1.97. The van der Waals surface area contributed by atoms with Crippen molar-refractivity contribution in [3.05, 3.63) is 30.3 Å². The normalized spacial score (nSPS) is 43.6. The van der Waals surface area contributed by atoms with Crippen LogP contribution in [0.15, 0.2) is 30.3 Å². The number of benzene rings is 1. The first kappa shape index (κ1) is 10.6. The molecule has 2 bridgehead atoms. The Morgan fingerprint density at radius 2 is 2.11 bits per heavy atom. The average molecular weight is 243 g/mol. The SMILES string of the molecule is C[C@]1(C(=O)Nc2ccccc2)C[C@@H]2C[C@@H]1[C@H]1O[C@H]21. The van der Waals surface area contributed by atoms with Crippen molar-refractivity contribution < 1.29 is 9.53 Å². The first-order valence-electron chi connectivity index (χ1n) is 6.70. The number of ether oxygens (including phenoxy) is 1. The summed E-state index contributed by atoms with van der Waals surface area (Å²) in [4.78, 5) is 12.5. The highest BCUT2D eigenvalue weighted by molar-refractivity contribution is 5.95. The van der Waals surface area contributed by atoms with Crippen molar-refractivity contribution in [2.75, 3.05) is 5.32 Å². The zero-order valence-electron chi connectivity index (χ0n) is 10.4. The quantitative estimate of drug-likeness (QED) is 0.811. The maximum atomic E-state index is 12.5. The van der Waals surface area contributed by atoms with Crippen LogP contribution in [0, 0.1) is 17.3 Å². The van der Waals surface area contributed by atoms with Crippen LogP contribution >= 0.6 is 0 Å². The van der Waals surface area contributed by atoms with Crippen molar-refractivity contribution in [2.24, 2.45) is 17.3 Å². The monoisotopic (exact) mass is 243 g/mol. The molecular weight excluding hydrogens is 226 g/mol. The Morgan fingerprint density at radius 1 is 1.33 bits per heavy atom. The predicted molar refractivity (Wildman–Crippen MR) is 68.1 cm³/mol. The molecule has 3 heteroatoms. The lowest BCUT2D eigenvalue weighted by Gasteiger charge is -2.30. The Hall–Kier alpha value is -1.35. The van der Waals surface area contributed by atoms with Crippen LogP contribution in [0.3, 0.4) is 0 Å². The smallest absolute Gasteiger partial charge is 0.230 e. The number of anilines is 1. The maximum Gasteiger partial charge on any atom is 0.230 e. The van der Waals surface area contributed by atoms with Crippen LogP contribution in [-0.4, -0.2) is 18.1 Å². The van der Waals surface area contributed by atoms with Gasteiger partial charge in [-0.3, -0.25) is 4.79 Å². The van der Waals surface area contributed by atoms with Gasteiger partial charge in [-0.15, -0.1) is 0 Å². The molecule has 1 amide bonds. The van der Waals surface area contributed by atoms with E-state index in [1.54, 1.807) is 0 Å². The van der Waals surface area contributed by atoms with E-state index >= 15 is 0 Å². The van der Waals surface area contributed by atoms with Gasteiger partial charge in [-0.25, -0.2) is 0 Å². The second kappa shape index (κ2) is 3.35. The molecule has 0 aromatic heterocycles. The molecule has 3 aliphatic rings. The van der Waals surface area contributed by atoms with Gasteiger partial charge in [0, 0.05) is 11.6 Å². The average Bonchev–Trinajstić information content (AvgIpc) is 3.01. The fourth-order valence-electron chi connectivity index (χ4n) is 4.01. The Bertz CT molecular complexity index is 500. The number of hydrogen-bond donors (Lipinski definition) is 1. The molecule has 0 radical (unpaired) electrons. The van der Waals surface area contributed by atoms with E-state index in [2.05, 4.69) is 12.2 Å². The molecule has 1 aromatic carbocycles. The molecule has 18 heavy (non-hydrogen) atoms. The number of hydrogen-bond acceptors (Lipinski definition) is 2. The minimum absolute atomic E-state index is 0.162. The molecule has 1 saturated heterocycles. The van der Waals surface area contributed by atoms with E-state index < -0.39 is 0 Å². The molecule has 1 aliphatic heterocycles. The number of carbonyl (C=O) groups excluding carboxylic acids is 1. The molecule has 3 nitrogen and oxygen atoms in total. The van der Waals surface area contributed by atoms with Crippen molar-refractivity contribution in [3.63, 3.8) is 0 Å². The van der Waals surface area contributed by atoms with Gasteiger partial charge < -0.3 is 10.1 Å². The van der Waals surface area contributed by atoms with Gasteiger partial charge in [0.25, 0.3) is 0 Å². The van der Waals surface area contributed by atoms with Crippen molar-refractivity contribution >= 4 is 11.6 Å². The highest BCUT2D eigenvalue weighted by Gasteiger charge is 2.69. The lowest BCUT2D eigenvalue weighted by Crippen LogP contribution is -2.40. The molecule has 2 saturated carbocycles. The van der Waals surface area contributed by atoms with Crippen molar-refractivity contribution in [1.82, 2.24) is 0 Å². The van der Waals surface area contributed by atoms with E-state index in [-0.39, 0.29) is 11.3 Å². The Labute approximate surface area is 107 Å². The number of amides is 1. The fourth-order valence-corrected chi connectivity index (χ4v) is 4.01. The number of nitrogens with one attached hydrogen (secondary N) is 1. The van der Waals surface area contributed by atoms with Crippen LogP contribution < -0.4 is 5.32 Å². The van der Waals surface area contributed by atoms with E-state index in [4.69, 9.17) is 4.74 Å². The fraction of sp³-hybridized carbons (Fsp3) is 0.533. The zero-order valence-corrected chi connectivity index (χ0v) is 10.4. The van der Waals surface area contributed by atoms with Crippen LogP contribution in [0.5, 0.6) is 0 Å². The minimum atomic E-state index is -0.238. The minimum Gasteiger partial charge on any atom is -0.369 e. The van der Waals surface area contributed by atoms with Gasteiger partial charge in [-0.2, -0.15) is 0 Å². The molecule has 1 aromatic rings. The molecule has 1 heterocycles. The van der Waals surface area contributed by atoms with Crippen LogP contribution in [-0.2, 0) is 9.53 Å². The lowest BCUT2D eigenvalue weighted by atomic mass is 9.74. The Morgan fingerprint density at radius 3 is 2.78 bits per heavy atom. The van der Waals surface area contributed by atoms with Gasteiger partial charge >= 0.3 is 0 Å². The van der Waals surface area contributed by atoms with E-state index in [0.29, 0.717) is 24.0 Å². The van der Waals surface area contributed by atoms with Gasteiger partial charge in [0.1, 0.15) is 0 Å². The summed E-state index contributed by atoms with van der Waals surface area (Å²) in [5.74, 6) is 1.21. The molecule has 1 N–H and O–H groups in total. The van der Waals surface area contributed by atoms with Crippen molar-refractivity contribution in [1.29, 1.82) is 0 Å². The molecule has 94 valence electrons. The summed E-state index contributed by atoms with van der Waals surface area (Å²) in [7, 11) is 0. The highest BCUT2D eigenvalue weighted by atomic mass is 16.6. The molecule has 2 aliphatic carbocycles. The topological polar surface area (TPSA) is 41.6 Å². The van der Waals surface area contributed by atoms with Crippen molar-refractivity contribution in [2.45, 2.75) is 32.0 Å². The molecule has 0 spiro atoms. The Balaban J connectivity index is 1.55. The summed E-state index contributed by atoms with van der Waals surface area (Å²) in [6.07, 6.45) is 3.01. The molecule has 4 rings (SSSR count). The second-order valence-corrected chi connectivity index (χ2v) is 6.11. The second-order valence-electron chi connectivity index (χ2n) is 6.11. The van der Waals surface area contributed by atoms with E-state index in [9.17, 15) is 4.79 Å². The van der Waals surface area contributed by atoms with Crippen LogP contribution in [0.25, 0.3) is 0 Å². The summed E-state index contributed by atoms with van der Waals surface area (Å²) in [6.45, 7) is 2.10. The largest absolute Gasteiger partial charge is 0.369 e. The molecule has 5 atom stereocenters. The lowest BCUT2D eigenvalue weighted by molar-refractivity contribution is -0.127. The molecular formula is C15H17NO2. The number of epoxide rings is 1. The van der Waals surface area contributed by atoms with Gasteiger partial charge in [-0.1, -0.05) is 25.1 Å². The number of carbonyl (C=O) groups is 1. The van der Waals surface area contributed by atoms with Crippen LogP contribution in [0.2, 0.25) is 0 Å². The highest BCUT2D eigenvalue weighted by Crippen LogP contribution is 2.64. The number of fused-ring (bicyclic) bond motifs is 5. The summed E-state index contributed by atoms with van der Waals surface area (Å²) < 4.78 is 5.66. The number of para-hydroxylation sites is 1. The van der Waals surface area contributed by atoms with E-state index in [0.717, 1.165) is 12.1 Å². The summed E-state index contributed by atoms with van der Waals surface area (Å²) >= 11 is 0. The van der Waals surface area contributed by atoms with Crippen LogP contribution in [0.4, 0.5) is 5.69 Å². The zero-order chi connectivity index (χ0) is 12.3. The third-order valence-electron chi connectivity index (χ3n) is 5.03. The first-order valence-corrected chi connectivity index (χ1v) is 6.70. The van der Waals surface area contributed by atoms with Gasteiger partial charge in [-0.05, 0) is 30.9 Å². The van der Waals surface area contributed by atoms with Crippen LogP contribution in [0.1, 0.15) is 19.8 Å². The van der Waals surface area contributed by atoms with Crippen molar-refractivity contribution in [3.8, 4) is 0 Å². The van der Waals surface area contributed by atoms with Gasteiger partial charge in [0.15, 0.2) is 0 Å².